The molecule has 1 heterocycles. The van der Waals surface area contributed by atoms with Crippen LogP contribution in [0.25, 0.3) is 0 Å². The predicted octanol–water partition coefficient (Wildman–Crippen LogP) is 8.01. The van der Waals surface area contributed by atoms with Crippen molar-refractivity contribution in [2.75, 3.05) is 6.61 Å². The SMILES string of the molecule is CCCCCCCCCCCCCCCCCCC1(C)CO1.Cl.N. The van der Waals surface area contributed by atoms with Crippen LogP contribution in [0, 0.1) is 0 Å². The van der Waals surface area contributed by atoms with E-state index in [2.05, 4.69) is 13.8 Å². The second-order valence-corrected chi connectivity index (χ2v) is 7.79. The first-order valence-electron chi connectivity index (χ1n) is 10.4. The van der Waals surface area contributed by atoms with Crippen molar-refractivity contribution in [1.82, 2.24) is 6.15 Å². The van der Waals surface area contributed by atoms with Gasteiger partial charge in [-0.25, -0.2) is 0 Å². The molecule has 0 amide bonds. The van der Waals surface area contributed by atoms with E-state index in [0.29, 0.717) is 0 Å². The molecule has 1 saturated heterocycles. The summed E-state index contributed by atoms with van der Waals surface area (Å²) < 4.78 is 5.42. The van der Waals surface area contributed by atoms with E-state index in [1.165, 1.54) is 109 Å². The van der Waals surface area contributed by atoms with Crippen LogP contribution >= 0.6 is 12.4 Å². The van der Waals surface area contributed by atoms with E-state index in [1.807, 2.05) is 0 Å². The van der Waals surface area contributed by atoms with Crippen molar-refractivity contribution in [2.24, 2.45) is 0 Å². The van der Waals surface area contributed by atoms with E-state index in [0.717, 1.165) is 6.61 Å². The van der Waals surface area contributed by atoms with E-state index in [-0.39, 0.29) is 24.2 Å². The number of unbranched alkanes of at least 4 members (excludes halogenated alkanes) is 15. The molecule has 0 aromatic heterocycles. The van der Waals surface area contributed by atoms with Crippen LogP contribution in [0.3, 0.4) is 0 Å². The molecule has 0 radical (unpaired) electrons. The molecule has 3 heteroatoms. The van der Waals surface area contributed by atoms with E-state index < -0.39 is 0 Å². The maximum atomic E-state index is 5.42. The standard InChI is InChI=1S/C21H42O.ClH.H3N/c1-3-4-5-6-7-8-9-10-11-12-13-14-15-16-17-18-19-21(2)20-22-21;;/h3-20H2,1-2H3;1H;1H3. The lowest BCUT2D eigenvalue weighted by atomic mass is 10.0. The molecule has 1 rings (SSSR count). The fraction of sp³-hybridized carbons (Fsp3) is 1.00. The van der Waals surface area contributed by atoms with Crippen LogP contribution in [0.15, 0.2) is 0 Å². The Morgan fingerprint density at radius 2 is 0.917 bits per heavy atom. The van der Waals surface area contributed by atoms with Gasteiger partial charge in [0.2, 0.25) is 0 Å². The molecule has 1 aliphatic heterocycles. The average molecular weight is 364 g/mol. The quantitative estimate of drug-likeness (QED) is 0.210. The normalized spacial score (nSPS) is 18.8. The van der Waals surface area contributed by atoms with Crippen molar-refractivity contribution in [3.05, 3.63) is 0 Å². The highest BCUT2D eigenvalue weighted by molar-refractivity contribution is 5.85. The Morgan fingerprint density at radius 3 is 1.21 bits per heavy atom. The molecule has 2 nitrogen and oxygen atoms in total. The Labute approximate surface area is 158 Å². The Bertz CT molecular complexity index is 244. The molecule has 3 N–H and O–H groups in total. The van der Waals surface area contributed by atoms with E-state index in [1.54, 1.807) is 0 Å². The minimum Gasteiger partial charge on any atom is -0.370 e. The lowest BCUT2D eigenvalue weighted by Gasteiger charge is -2.05. The number of hydrogen-bond acceptors (Lipinski definition) is 2. The van der Waals surface area contributed by atoms with E-state index in [4.69, 9.17) is 4.74 Å². The molecular weight excluding hydrogens is 318 g/mol. The first kappa shape index (κ1) is 26.4. The van der Waals surface area contributed by atoms with Gasteiger partial charge < -0.3 is 10.9 Å². The van der Waals surface area contributed by atoms with Gasteiger partial charge in [0.05, 0.1) is 12.2 Å². The molecule has 1 fully saturated rings. The molecule has 0 aliphatic carbocycles. The van der Waals surface area contributed by atoms with Crippen LogP contribution in [0.4, 0.5) is 0 Å². The molecule has 1 atom stereocenters. The fourth-order valence-electron chi connectivity index (χ4n) is 3.31. The van der Waals surface area contributed by atoms with Gasteiger partial charge in [-0.05, 0) is 13.3 Å². The predicted molar refractivity (Wildman–Crippen MR) is 111 cm³/mol. The zero-order valence-electron chi connectivity index (χ0n) is 16.8. The second kappa shape index (κ2) is 18.0. The Balaban J connectivity index is 0. The zero-order valence-corrected chi connectivity index (χ0v) is 17.6. The van der Waals surface area contributed by atoms with Crippen molar-refractivity contribution < 1.29 is 4.74 Å². The van der Waals surface area contributed by atoms with E-state index in [9.17, 15) is 0 Å². The fourth-order valence-corrected chi connectivity index (χ4v) is 3.31. The highest BCUT2D eigenvalue weighted by Crippen LogP contribution is 2.31. The molecule has 0 spiro atoms. The molecule has 0 saturated carbocycles. The van der Waals surface area contributed by atoms with Crippen LogP contribution in [0.5, 0.6) is 0 Å². The summed E-state index contributed by atoms with van der Waals surface area (Å²) >= 11 is 0. The molecule has 1 aliphatic rings. The highest BCUT2D eigenvalue weighted by atomic mass is 35.5. The minimum atomic E-state index is 0. The smallest absolute Gasteiger partial charge is 0.0888 e. The number of rotatable bonds is 17. The van der Waals surface area contributed by atoms with Crippen LogP contribution in [-0.2, 0) is 4.74 Å². The molecule has 0 aromatic carbocycles. The second-order valence-electron chi connectivity index (χ2n) is 7.79. The van der Waals surface area contributed by atoms with Crippen LogP contribution in [0.2, 0.25) is 0 Å². The van der Waals surface area contributed by atoms with Crippen molar-refractivity contribution >= 4 is 12.4 Å². The topological polar surface area (TPSA) is 47.5 Å². The van der Waals surface area contributed by atoms with E-state index >= 15 is 0 Å². The van der Waals surface area contributed by atoms with Crippen molar-refractivity contribution in [1.29, 1.82) is 0 Å². The molecule has 0 bridgehead atoms. The van der Waals surface area contributed by atoms with Crippen molar-refractivity contribution in [3.8, 4) is 0 Å². The first-order valence-corrected chi connectivity index (χ1v) is 10.4. The van der Waals surface area contributed by atoms with Gasteiger partial charge in [0.25, 0.3) is 0 Å². The van der Waals surface area contributed by atoms with Crippen LogP contribution in [0.1, 0.15) is 123 Å². The van der Waals surface area contributed by atoms with Gasteiger partial charge >= 0.3 is 0 Å². The largest absolute Gasteiger partial charge is 0.370 e. The lowest BCUT2D eigenvalue weighted by molar-refractivity contribution is 0.301. The van der Waals surface area contributed by atoms with Crippen molar-refractivity contribution in [2.45, 2.75) is 129 Å². The molecule has 0 aromatic rings. The Morgan fingerprint density at radius 1 is 0.625 bits per heavy atom. The number of ether oxygens (including phenoxy) is 1. The third-order valence-electron chi connectivity index (χ3n) is 5.20. The van der Waals surface area contributed by atoms with Crippen molar-refractivity contribution in [3.63, 3.8) is 0 Å². The summed E-state index contributed by atoms with van der Waals surface area (Å²) in [6.45, 7) is 5.55. The Hall–Kier alpha value is 0.210. The van der Waals surface area contributed by atoms with Gasteiger partial charge in [0.1, 0.15) is 0 Å². The molecule has 1 unspecified atom stereocenters. The third kappa shape index (κ3) is 17.0. The summed E-state index contributed by atoms with van der Waals surface area (Å²) in [6.07, 6.45) is 24.5. The average Bonchev–Trinajstić information content (AvgIpc) is 3.25. The first-order chi connectivity index (χ1) is 10.8. The minimum absolute atomic E-state index is 0. The number of halogens is 1. The number of hydrogen-bond donors (Lipinski definition) is 1. The van der Waals surface area contributed by atoms with Crippen LogP contribution < -0.4 is 6.15 Å². The maximum Gasteiger partial charge on any atom is 0.0888 e. The van der Waals surface area contributed by atoms with Gasteiger partial charge in [-0.2, -0.15) is 0 Å². The molecule has 24 heavy (non-hydrogen) atoms. The summed E-state index contributed by atoms with van der Waals surface area (Å²) in [6, 6.07) is 0. The van der Waals surface area contributed by atoms with Gasteiger partial charge in [-0.1, -0.05) is 110 Å². The zero-order chi connectivity index (χ0) is 15.9. The maximum absolute atomic E-state index is 5.42. The monoisotopic (exact) mass is 363 g/mol. The van der Waals surface area contributed by atoms with Gasteiger partial charge in [0.15, 0.2) is 0 Å². The summed E-state index contributed by atoms with van der Waals surface area (Å²) in [7, 11) is 0. The van der Waals surface area contributed by atoms with Gasteiger partial charge in [-0.3, -0.25) is 0 Å². The Kier molecular flexibility index (Phi) is 19.8. The highest BCUT2D eigenvalue weighted by Gasteiger charge is 2.37. The molecular formula is C21H46ClNO. The number of epoxide rings is 1. The molecule has 148 valence electrons. The summed E-state index contributed by atoms with van der Waals surface area (Å²) in [4.78, 5) is 0. The summed E-state index contributed by atoms with van der Waals surface area (Å²) in [5.41, 5.74) is 0.288. The van der Waals surface area contributed by atoms with Crippen LogP contribution in [-0.4, -0.2) is 12.2 Å². The summed E-state index contributed by atoms with van der Waals surface area (Å²) in [5, 5.41) is 0. The third-order valence-corrected chi connectivity index (χ3v) is 5.20. The van der Waals surface area contributed by atoms with Gasteiger partial charge in [0, 0.05) is 0 Å². The summed E-state index contributed by atoms with van der Waals surface area (Å²) in [5.74, 6) is 0. The van der Waals surface area contributed by atoms with Gasteiger partial charge in [-0.15, -0.1) is 12.4 Å². The lowest BCUT2D eigenvalue weighted by Crippen LogP contribution is -2.02.